The van der Waals surface area contributed by atoms with E-state index in [4.69, 9.17) is 21.8 Å². The monoisotopic (exact) mass is 285 g/mol. The third kappa shape index (κ3) is 1.96. The third-order valence-electron chi connectivity index (χ3n) is 3.27. The summed E-state index contributed by atoms with van der Waals surface area (Å²) >= 11 is 5.86. The Bertz CT molecular complexity index is 851. The number of benzene rings is 2. The topological polar surface area (TPSA) is 56.2 Å². The molecule has 0 unspecified atom stereocenters. The summed E-state index contributed by atoms with van der Waals surface area (Å²) in [6.07, 6.45) is 0. The molecule has 20 heavy (non-hydrogen) atoms. The molecular weight excluding hydrogens is 274 g/mol. The van der Waals surface area contributed by atoms with Gasteiger partial charge in [0, 0.05) is 5.02 Å². The van der Waals surface area contributed by atoms with Crippen LogP contribution in [0.15, 0.2) is 51.7 Å². The Balaban J connectivity index is 2.37. The largest absolute Gasteiger partial charge is 0.440 e. The van der Waals surface area contributed by atoms with Crippen LogP contribution >= 0.6 is 11.6 Å². The minimum absolute atomic E-state index is 0.124. The standard InChI is InChI=1S/C16H12ClNO2/c1-9-3-2-4-12-14(19)13(16(18)20-15(9)12)10-5-7-11(17)8-6-10/h2-8H,18H2,1H3. The van der Waals surface area contributed by atoms with Gasteiger partial charge in [-0.3, -0.25) is 4.79 Å². The lowest BCUT2D eigenvalue weighted by atomic mass is 10.0. The van der Waals surface area contributed by atoms with E-state index in [1.807, 2.05) is 19.1 Å². The Morgan fingerprint density at radius 3 is 2.50 bits per heavy atom. The first kappa shape index (κ1) is 12.8. The molecule has 0 saturated heterocycles. The molecule has 4 heteroatoms. The van der Waals surface area contributed by atoms with Gasteiger partial charge in [0.2, 0.25) is 11.3 Å². The van der Waals surface area contributed by atoms with Gasteiger partial charge in [0.1, 0.15) is 5.58 Å². The lowest BCUT2D eigenvalue weighted by molar-refractivity contribution is 0.624. The van der Waals surface area contributed by atoms with Crippen LogP contribution in [0.5, 0.6) is 0 Å². The van der Waals surface area contributed by atoms with Gasteiger partial charge in [-0.1, -0.05) is 35.9 Å². The van der Waals surface area contributed by atoms with Crippen molar-refractivity contribution in [3.63, 3.8) is 0 Å². The third-order valence-corrected chi connectivity index (χ3v) is 3.53. The summed E-state index contributed by atoms with van der Waals surface area (Å²) in [7, 11) is 0. The lowest BCUT2D eigenvalue weighted by Crippen LogP contribution is -2.09. The van der Waals surface area contributed by atoms with Crippen LogP contribution in [0, 0.1) is 6.92 Å². The van der Waals surface area contributed by atoms with Gasteiger partial charge in [-0.2, -0.15) is 0 Å². The average Bonchev–Trinajstić information content (AvgIpc) is 2.42. The normalized spacial score (nSPS) is 10.9. The molecule has 0 amide bonds. The van der Waals surface area contributed by atoms with Crippen molar-refractivity contribution >= 4 is 28.5 Å². The van der Waals surface area contributed by atoms with E-state index in [0.29, 0.717) is 27.1 Å². The summed E-state index contributed by atoms with van der Waals surface area (Å²) in [5, 5.41) is 1.14. The molecule has 3 rings (SSSR count). The van der Waals surface area contributed by atoms with Crippen LogP contribution in [0.4, 0.5) is 5.88 Å². The van der Waals surface area contributed by atoms with Crippen LogP contribution in [0.3, 0.4) is 0 Å². The molecule has 0 aliphatic rings. The number of aryl methyl sites for hydroxylation is 1. The summed E-state index contributed by atoms with van der Waals surface area (Å²) in [4.78, 5) is 12.6. The number of hydrogen-bond donors (Lipinski definition) is 1. The van der Waals surface area contributed by atoms with Gasteiger partial charge in [-0.25, -0.2) is 0 Å². The molecule has 100 valence electrons. The van der Waals surface area contributed by atoms with Gasteiger partial charge < -0.3 is 10.2 Å². The van der Waals surface area contributed by atoms with Crippen molar-refractivity contribution < 1.29 is 4.42 Å². The van der Waals surface area contributed by atoms with E-state index in [0.717, 1.165) is 5.56 Å². The number of fused-ring (bicyclic) bond motifs is 1. The molecule has 3 aromatic rings. The Morgan fingerprint density at radius 2 is 1.80 bits per heavy atom. The zero-order chi connectivity index (χ0) is 14.3. The van der Waals surface area contributed by atoms with Crippen molar-refractivity contribution in [1.82, 2.24) is 0 Å². The van der Waals surface area contributed by atoms with Crippen molar-refractivity contribution in [3.05, 3.63) is 63.3 Å². The van der Waals surface area contributed by atoms with Crippen LogP contribution in [0.2, 0.25) is 5.02 Å². The molecule has 1 heterocycles. The summed E-state index contributed by atoms with van der Waals surface area (Å²) in [5.74, 6) is 0.124. The maximum Gasteiger partial charge on any atom is 0.202 e. The van der Waals surface area contributed by atoms with Gasteiger partial charge in [0.15, 0.2) is 0 Å². The van der Waals surface area contributed by atoms with E-state index in [2.05, 4.69) is 0 Å². The quantitative estimate of drug-likeness (QED) is 0.735. The van der Waals surface area contributed by atoms with E-state index in [1.54, 1.807) is 30.3 Å². The average molecular weight is 286 g/mol. The van der Waals surface area contributed by atoms with Crippen molar-refractivity contribution in [3.8, 4) is 11.1 Å². The lowest BCUT2D eigenvalue weighted by Gasteiger charge is -2.08. The van der Waals surface area contributed by atoms with E-state index in [9.17, 15) is 4.79 Å². The summed E-state index contributed by atoms with van der Waals surface area (Å²) in [6, 6.07) is 12.4. The second kappa shape index (κ2) is 4.69. The first-order valence-electron chi connectivity index (χ1n) is 6.16. The number of hydrogen-bond acceptors (Lipinski definition) is 3. The Morgan fingerprint density at radius 1 is 1.10 bits per heavy atom. The van der Waals surface area contributed by atoms with Gasteiger partial charge in [-0.15, -0.1) is 0 Å². The number of halogens is 1. The molecule has 2 aromatic carbocycles. The highest BCUT2D eigenvalue weighted by atomic mass is 35.5. The first-order chi connectivity index (χ1) is 9.58. The minimum Gasteiger partial charge on any atom is -0.440 e. The summed E-state index contributed by atoms with van der Waals surface area (Å²) < 4.78 is 5.63. The highest BCUT2D eigenvalue weighted by Gasteiger charge is 2.14. The fourth-order valence-corrected chi connectivity index (χ4v) is 2.39. The maximum atomic E-state index is 12.6. The molecule has 2 N–H and O–H groups in total. The van der Waals surface area contributed by atoms with Gasteiger partial charge >= 0.3 is 0 Å². The van der Waals surface area contributed by atoms with E-state index in [1.165, 1.54) is 0 Å². The smallest absolute Gasteiger partial charge is 0.202 e. The van der Waals surface area contributed by atoms with Gasteiger partial charge in [-0.05, 0) is 36.2 Å². The van der Waals surface area contributed by atoms with Crippen molar-refractivity contribution in [2.45, 2.75) is 6.92 Å². The second-order valence-corrected chi connectivity index (χ2v) is 5.07. The maximum absolute atomic E-state index is 12.6. The van der Waals surface area contributed by atoms with Gasteiger partial charge in [0.25, 0.3) is 0 Å². The predicted octanol–water partition coefficient (Wildman–Crippen LogP) is 4.00. The number of nitrogens with two attached hydrogens (primary N) is 1. The summed E-state index contributed by atoms with van der Waals surface area (Å²) in [6.45, 7) is 1.88. The Labute approximate surface area is 120 Å². The fourth-order valence-electron chi connectivity index (χ4n) is 2.26. The highest BCUT2D eigenvalue weighted by Crippen LogP contribution is 2.28. The number of nitrogen functional groups attached to an aromatic ring is 1. The predicted molar refractivity (Wildman–Crippen MR) is 82.1 cm³/mol. The van der Waals surface area contributed by atoms with Crippen LogP contribution < -0.4 is 11.2 Å². The van der Waals surface area contributed by atoms with Crippen LogP contribution in [-0.2, 0) is 0 Å². The fraction of sp³-hybridized carbons (Fsp3) is 0.0625. The highest BCUT2D eigenvalue weighted by molar-refractivity contribution is 6.30. The molecule has 0 bridgehead atoms. The minimum atomic E-state index is -0.130. The molecule has 0 spiro atoms. The molecule has 3 nitrogen and oxygen atoms in total. The molecule has 1 aromatic heterocycles. The van der Waals surface area contributed by atoms with E-state index >= 15 is 0 Å². The molecule has 0 atom stereocenters. The van der Waals surface area contributed by atoms with Crippen LogP contribution in [0.1, 0.15) is 5.56 Å². The Kier molecular flexibility index (Phi) is 2.99. The number of anilines is 1. The SMILES string of the molecule is Cc1cccc2c(=O)c(-c3ccc(Cl)cc3)c(N)oc12. The second-order valence-electron chi connectivity index (χ2n) is 4.63. The van der Waals surface area contributed by atoms with Crippen molar-refractivity contribution in [1.29, 1.82) is 0 Å². The number of rotatable bonds is 1. The van der Waals surface area contributed by atoms with Crippen LogP contribution in [0.25, 0.3) is 22.1 Å². The molecule has 0 saturated carbocycles. The van der Waals surface area contributed by atoms with Crippen molar-refractivity contribution in [2.24, 2.45) is 0 Å². The zero-order valence-electron chi connectivity index (χ0n) is 10.8. The van der Waals surface area contributed by atoms with E-state index < -0.39 is 0 Å². The van der Waals surface area contributed by atoms with Gasteiger partial charge in [0.05, 0.1) is 10.9 Å². The van der Waals surface area contributed by atoms with Crippen LogP contribution in [-0.4, -0.2) is 0 Å². The number of para-hydroxylation sites is 1. The zero-order valence-corrected chi connectivity index (χ0v) is 11.6. The summed E-state index contributed by atoms with van der Waals surface area (Å²) in [5.41, 5.74) is 8.29. The van der Waals surface area contributed by atoms with Crippen molar-refractivity contribution in [2.75, 3.05) is 5.73 Å². The molecule has 0 fully saturated rings. The first-order valence-corrected chi connectivity index (χ1v) is 6.53. The molecule has 0 aliphatic carbocycles. The molecular formula is C16H12ClNO2. The molecule has 0 aliphatic heterocycles. The van der Waals surface area contributed by atoms with E-state index in [-0.39, 0.29) is 11.3 Å². The molecule has 0 radical (unpaired) electrons. The Hall–Kier alpha value is -2.26.